The van der Waals surface area contributed by atoms with E-state index in [0.29, 0.717) is 6.42 Å². The van der Waals surface area contributed by atoms with E-state index in [-0.39, 0.29) is 22.0 Å². The number of nitrogens with zero attached hydrogens (tertiary/aromatic N) is 1. The molecule has 2 aliphatic heterocycles. The van der Waals surface area contributed by atoms with Crippen LogP contribution in [0.3, 0.4) is 0 Å². The number of esters is 1. The number of methoxy groups -OCH3 is 1. The molecular formula is C10H15NO3S. The van der Waals surface area contributed by atoms with E-state index in [2.05, 4.69) is 0 Å². The first-order chi connectivity index (χ1) is 6.97. The van der Waals surface area contributed by atoms with Crippen LogP contribution in [0.2, 0.25) is 0 Å². The SMILES string of the molecule is COC(=O)C1N2C(=O)CCC2SC1(C)C. The van der Waals surface area contributed by atoms with Gasteiger partial charge in [-0.05, 0) is 20.3 Å². The van der Waals surface area contributed by atoms with E-state index in [0.717, 1.165) is 6.42 Å². The second-order valence-electron chi connectivity index (χ2n) is 4.44. The van der Waals surface area contributed by atoms with Crippen LogP contribution in [0.1, 0.15) is 26.7 Å². The summed E-state index contributed by atoms with van der Waals surface area (Å²) in [5, 5.41) is 0.164. The van der Waals surface area contributed by atoms with Crippen LogP contribution in [-0.4, -0.2) is 40.0 Å². The zero-order valence-corrected chi connectivity index (χ0v) is 9.97. The summed E-state index contributed by atoms with van der Waals surface area (Å²) in [5.41, 5.74) is 0. The Kier molecular flexibility index (Phi) is 2.45. The average molecular weight is 229 g/mol. The van der Waals surface area contributed by atoms with Crippen LogP contribution in [-0.2, 0) is 14.3 Å². The molecule has 0 N–H and O–H groups in total. The van der Waals surface area contributed by atoms with Gasteiger partial charge in [0, 0.05) is 11.2 Å². The molecule has 2 fully saturated rings. The molecule has 0 aromatic rings. The molecule has 2 rings (SSSR count). The van der Waals surface area contributed by atoms with Crippen LogP contribution < -0.4 is 0 Å². The third-order valence-electron chi connectivity index (χ3n) is 3.00. The van der Waals surface area contributed by atoms with Crippen molar-refractivity contribution in [1.29, 1.82) is 0 Å². The van der Waals surface area contributed by atoms with Gasteiger partial charge in [0.25, 0.3) is 0 Å². The van der Waals surface area contributed by atoms with Crippen molar-refractivity contribution in [3.63, 3.8) is 0 Å². The van der Waals surface area contributed by atoms with Gasteiger partial charge in [0.15, 0.2) is 0 Å². The minimum absolute atomic E-state index is 0.0773. The standard InChI is InChI=1S/C10H15NO3S/c1-10(2)8(9(13)14-3)11-6(12)4-5-7(11)15-10/h7-8H,4-5H2,1-3H3. The van der Waals surface area contributed by atoms with Crippen LogP contribution in [0.25, 0.3) is 0 Å². The molecule has 0 spiro atoms. The van der Waals surface area contributed by atoms with E-state index in [4.69, 9.17) is 4.74 Å². The van der Waals surface area contributed by atoms with E-state index in [1.165, 1.54) is 7.11 Å². The van der Waals surface area contributed by atoms with Gasteiger partial charge in [-0.1, -0.05) is 0 Å². The summed E-state index contributed by atoms with van der Waals surface area (Å²) < 4.78 is 4.54. The minimum atomic E-state index is -0.424. The summed E-state index contributed by atoms with van der Waals surface area (Å²) in [6.07, 6.45) is 1.40. The van der Waals surface area contributed by atoms with E-state index in [1.807, 2.05) is 13.8 Å². The Balaban J connectivity index is 2.31. The fourth-order valence-electron chi connectivity index (χ4n) is 2.36. The maximum Gasteiger partial charge on any atom is 0.330 e. The van der Waals surface area contributed by atoms with Crippen LogP contribution in [0.5, 0.6) is 0 Å². The van der Waals surface area contributed by atoms with E-state index in [9.17, 15) is 9.59 Å². The Hall–Kier alpha value is -0.710. The Morgan fingerprint density at radius 2 is 2.27 bits per heavy atom. The second kappa shape index (κ2) is 3.40. The lowest BCUT2D eigenvalue weighted by atomic mass is 10.0. The zero-order valence-electron chi connectivity index (χ0n) is 9.15. The third-order valence-corrected chi connectivity index (χ3v) is 4.57. The molecule has 0 aliphatic carbocycles. The van der Waals surface area contributed by atoms with E-state index in [1.54, 1.807) is 16.7 Å². The summed E-state index contributed by atoms with van der Waals surface area (Å²) >= 11 is 1.70. The molecule has 0 radical (unpaired) electrons. The van der Waals surface area contributed by atoms with Crippen LogP contribution in [0.15, 0.2) is 0 Å². The molecule has 0 aromatic carbocycles. The average Bonchev–Trinajstić information content (AvgIpc) is 2.61. The normalized spacial score (nSPS) is 33.0. The summed E-state index contributed by atoms with van der Waals surface area (Å²) in [7, 11) is 1.37. The number of hydrogen-bond donors (Lipinski definition) is 0. The van der Waals surface area contributed by atoms with Crippen molar-refractivity contribution in [3.05, 3.63) is 0 Å². The summed E-state index contributed by atoms with van der Waals surface area (Å²) in [5.74, 6) is -0.223. The number of hydrogen-bond acceptors (Lipinski definition) is 4. The number of fused-ring (bicyclic) bond motifs is 1. The lowest BCUT2D eigenvalue weighted by Gasteiger charge is -2.27. The molecule has 15 heavy (non-hydrogen) atoms. The van der Waals surface area contributed by atoms with Gasteiger partial charge in [0.2, 0.25) is 5.91 Å². The lowest BCUT2D eigenvalue weighted by Crippen LogP contribution is -2.48. The topological polar surface area (TPSA) is 46.6 Å². The molecule has 0 aromatic heterocycles. The van der Waals surface area contributed by atoms with E-state index >= 15 is 0 Å². The number of carbonyl (C=O) groups is 2. The van der Waals surface area contributed by atoms with Crippen molar-refractivity contribution in [2.45, 2.75) is 42.9 Å². The van der Waals surface area contributed by atoms with Crippen LogP contribution >= 0.6 is 11.8 Å². The smallest absolute Gasteiger partial charge is 0.330 e. The molecule has 5 heteroatoms. The Labute approximate surface area is 93.3 Å². The first kappa shape index (κ1) is 10.8. The predicted molar refractivity (Wildman–Crippen MR) is 57.3 cm³/mol. The van der Waals surface area contributed by atoms with Crippen LogP contribution in [0.4, 0.5) is 0 Å². The number of rotatable bonds is 1. The molecule has 4 nitrogen and oxygen atoms in total. The Morgan fingerprint density at radius 3 is 2.87 bits per heavy atom. The number of carbonyl (C=O) groups excluding carboxylic acids is 2. The maximum absolute atomic E-state index is 11.7. The Bertz CT molecular complexity index is 316. The van der Waals surface area contributed by atoms with Gasteiger partial charge < -0.3 is 9.64 Å². The summed E-state index contributed by atoms with van der Waals surface area (Å²) in [4.78, 5) is 25.1. The third kappa shape index (κ3) is 1.53. The van der Waals surface area contributed by atoms with Crippen molar-refractivity contribution >= 4 is 23.6 Å². The van der Waals surface area contributed by atoms with Gasteiger partial charge in [-0.25, -0.2) is 4.79 Å². The highest BCUT2D eigenvalue weighted by Gasteiger charge is 2.55. The van der Waals surface area contributed by atoms with Crippen molar-refractivity contribution < 1.29 is 14.3 Å². The van der Waals surface area contributed by atoms with Gasteiger partial charge >= 0.3 is 5.97 Å². The Morgan fingerprint density at radius 1 is 1.60 bits per heavy atom. The molecule has 2 aliphatic rings. The summed E-state index contributed by atoms with van der Waals surface area (Å²) in [6.45, 7) is 3.98. The molecule has 2 atom stereocenters. The van der Waals surface area contributed by atoms with Crippen molar-refractivity contribution in [1.82, 2.24) is 4.90 Å². The lowest BCUT2D eigenvalue weighted by molar-refractivity contribution is -0.151. The maximum atomic E-state index is 11.7. The van der Waals surface area contributed by atoms with E-state index < -0.39 is 6.04 Å². The van der Waals surface area contributed by atoms with Crippen molar-refractivity contribution in [2.75, 3.05) is 7.11 Å². The molecule has 0 bridgehead atoms. The molecular weight excluding hydrogens is 214 g/mol. The molecule has 84 valence electrons. The first-order valence-corrected chi connectivity index (χ1v) is 5.92. The molecule has 0 saturated carbocycles. The monoisotopic (exact) mass is 229 g/mol. The largest absolute Gasteiger partial charge is 0.467 e. The second-order valence-corrected chi connectivity index (χ2v) is 6.27. The summed E-state index contributed by atoms with van der Waals surface area (Å²) in [6, 6.07) is -0.424. The number of thioether (sulfide) groups is 1. The molecule has 2 saturated heterocycles. The number of amides is 1. The highest BCUT2D eigenvalue weighted by atomic mass is 32.2. The fraction of sp³-hybridized carbons (Fsp3) is 0.800. The molecule has 2 unspecified atom stereocenters. The van der Waals surface area contributed by atoms with Gasteiger partial charge in [-0.3, -0.25) is 4.79 Å². The minimum Gasteiger partial charge on any atom is -0.467 e. The molecule has 2 heterocycles. The predicted octanol–water partition coefficient (Wildman–Crippen LogP) is 1.00. The fourth-order valence-corrected chi connectivity index (χ4v) is 3.99. The van der Waals surface area contributed by atoms with Gasteiger partial charge in [0.05, 0.1) is 12.5 Å². The first-order valence-electron chi connectivity index (χ1n) is 5.04. The quantitative estimate of drug-likeness (QED) is 0.629. The van der Waals surface area contributed by atoms with Crippen molar-refractivity contribution in [2.24, 2.45) is 0 Å². The highest BCUT2D eigenvalue weighted by molar-refractivity contribution is 8.01. The number of ether oxygens (including phenoxy) is 1. The zero-order chi connectivity index (χ0) is 11.2. The van der Waals surface area contributed by atoms with Gasteiger partial charge in [-0.15, -0.1) is 11.8 Å². The highest BCUT2D eigenvalue weighted by Crippen LogP contribution is 2.49. The van der Waals surface area contributed by atoms with Crippen LogP contribution in [0, 0.1) is 0 Å². The molecule has 1 amide bonds. The van der Waals surface area contributed by atoms with Gasteiger partial charge in [-0.2, -0.15) is 0 Å². The van der Waals surface area contributed by atoms with Gasteiger partial charge in [0.1, 0.15) is 6.04 Å². The van der Waals surface area contributed by atoms with Crippen molar-refractivity contribution in [3.8, 4) is 0 Å².